The Balaban J connectivity index is 1.58. The van der Waals surface area contributed by atoms with Gasteiger partial charge in [0.15, 0.2) is 0 Å². The highest BCUT2D eigenvalue weighted by Gasteiger charge is 2.52. The van der Waals surface area contributed by atoms with Gasteiger partial charge in [0, 0.05) is 12.1 Å². The quantitative estimate of drug-likeness (QED) is 0.664. The van der Waals surface area contributed by atoms with Gasteiger partial charge in [-0.2, -0.15) is 0 Å². The van der Waals surface area contributed by atoms with Crippen LogP contribution in [0.3, 0.4) is 0 Å². The Kier molecular flexibility index (Phi) is 2.54. The molecule has 1 heterocycles. The molecule has 2 atom stereocenters. The molecular formula is C13H23NO2. The topological polar surface area (TPSA) is 52.5 Å². The summed E-state index contributed by atoms with van der Waals surface area (Å²) >= 11 is 0. The third-order valence-corrected chi connectivity index (χ3v) is 5.11. The molecule has 3 heteroatoms. The molecule has 3 N–H and O–H groups in total. The Labute approximate surface area is 97.2 Å². The fraction of sp³-hybridized carbons (Fsp3) is 1.00. The van der Waals surface area contributed by atoms with Crippen LogP contribution in [0.5, 0.6) is 0 Å². The van der Waals surface area contributed by atoms with Crippen LogP contribution in [0, 0.1) is 0 Å². The molecule has 2 saturated carbocycles. The Bertz CT molecular complexity index is 235. The van der Waals surface area contributed by atoms with Crippen molar-refractivity contribution in [3.05, 3.63) is 0 Å². The molecule has 0 amide bonds. The van der Waals surface area contributed by atoms with Crippen LogP contribution in [-0.4, -0.2) is 33.5 Å². The molecule has 0 bridgehead atoms. The lowest BCUT2D eigenvalue weighted by Crippen LogP contribution is -2.69. The number of aliphatic hydroxyl groups is 2. The lowest BCUT2D eigenvalue weighted by Gasteiger charge is -2.50. The van der Waals surface area contributed by atoms with E-state index in [-0.39, 0.29) is 12.1 Å². The summed E-state index contributed by atoms with van der Waals surface area (Å²) in [6.45, 7) is 0. The Morgan fingerprint density at radius 1 is 0.750 bits per heavy atom. The van der Waals surface area contributed by atoms with Gasteiger partial charge in [0.1, 0.15) is 0 Å². The van der Waals surface area contributed by atoms with Gasteiger partial charge in [0.25, 0.3) is 0 Å². The molecule has 1 saturated heterocycles. The summed E-state index contributed by atoms with van der Waals surface area (Å²) in [4.78, 5) is 0. The monoisotopic (exact) mass is 225 g/mol. The summed E-state index contributed by atoms with van der Waals surface area (Å²) in [5, 5.41) is 24.3. The van der Waals surface area contributed by atoms with E-state index in [0.29, 0.717) is 0 Å². The van der Waals surface area contributed by atoms with E-state index in [1.54, 1.807) is 0 Å². The predicted octanol–water partition coefficient (Wildman–Crippen LogP) is 1.33. The first-order chi connectivity index (χ1) is 7.62. The Hall–Kier alpha value is -0.120. The second-order valence-corrected chi connectivity index (χ2v) is 6.13. The summed E-state index contributed by atoms with van der Waals surface area (Å²) in [6, 6.07) is 0.481. The summed E-state index contributed by atoms with van der Waals surface area (Å²) in [7, 11) is 0. The van der Waals surface area contributed by atoms with Crippen molar-refractivity contribution in [3.63, 3.8) is 0 Å². The number of nitrogens with one attached hydrogen (secondary N) is 1. The van der Waals surface area contributed by atoms with Gasteiger partial charge in [-0.05, 0) is 32.1 Å². The fourth-order valence-corrected chi connectivity index (χ4v) is 3.87. The van der Waals surface area contributed by atoms with Crippen LogP contribution in [0.2, 0.25) is 0 Å². The van der Waals surface area contributed by atoms with Gasteiger partial charge in [0.05, 0.1) is 11.2 Å². The molecule has 3 aliphatic rings. The zero-order valence-corrected chi connectivity index (χ0v) is 9.91. The zero-order valence-electron chi connectivity index (χ0n) is 9.91. The van der Waals surface area contributed by atoms with E-state index in [0.717, 1.165) is 57.8 Å². The van der Waals surface area contributed by atoms with Crippen molar-refractivity contribution < 1.29 is 10.2 Å². The van der Waals surface area contributed by atoms with E-state index in [9.17, 15) is 10.2 Å². The van der Waals surface area contributed by atoms with Crippen LogP contribution in [-0.2, 0) is 0 Å². The molecule has 0 unspecified atom stereocenters. The summed E-state index contributed by atoms with van der Waals surface area (Å²) in [5.74, 6) is 0. The first-order valence-electron chi connectivity index (χ1n) is 6.83. The van der Waals surface area contributed by atoms with Crippen LogP contribution >= 0.6 is 0 Å². The molecule has 3 fully saturated rings. The summed E-state index contributed by atoms with van der Waals surface area (Å²) in [6.07, 6.45) is 9.35. The van der Waals surface area contributed by atoms with Crippen LogP contribution in [0.1, 0.15) is 57.8 Å². The van der Waals surface area contributed by atoms with Gasteiger partial charge in [-0.3, -0.25) is 0 Å². The van der Waals surface area contributed by atoms with E-state index in [2.05, 4.69) is 5.32 Å². The van der Waals surface area contributed by atoms with Crippen molar-refractivity contribution in [2.75, 3.05) is 0 Å². The maximum Gasteiger partial charge on any atom is 0.0800 e. The van der Waals surface area contributed by atoms with Crippen LogP contribution < -0.4 is 5.32 Å². The van der Waals surface area contributed by atoms with E-state index in [1.807, 2.05) is 0 Å². The minimum Gasteiger partial charge on any atom is -0.388 e. The molecule has 3 nitrogen and oxygen atoms in total. The van der Waals surface area contributed by atoms with Gasteiger partial charge >= 0.3 is 0 Å². The lowest BCUT2D eigenvalue weighted by molar-refractivity contribution is -0.0872. The molecule has 0 radical (unpaired) electrons. The van der Waals surface area contributed by atoms with Crippen LogP contribution in [0.4, 0.5) is 0 Å². The van der Waals surface area contributed by atoms with Gasteiger partial charge < -0.3 is 15.5 Å². The van der Waals surface area contributed by atoms with Gasteiger partial charge in [-0.25, -0.2) is 0 Å². The second-order valence-electron chi connectivity index (χ2n) is 6.13. The molecule has 0 aromatic rings. The van der Waals surface area contributed by atoms with Crippen molar-refractivity contribution >= 4 is 0 Å². The largest absolute Gasteiger partial charge is 0.388 e. The average Bonchev–Trinajstić information content (AvgIpc) is 2.73. The highest BCUT2D eigenvalue weighted by Crippen LogP contribution is 2.43. The van der Waals surface area contributed by atoms with Crippen molar-refractivity contribution in [1.29, 1.82) is 0 Å². The van der Waals surface area contributed by atoms with Gasteiger partial charge in [-0.15, -0.1) is 0 Å². The van der Waals surface area contributed by atoms with E-state index >= 15 is 0 Å². The van der Waals surface area contributed by atoms with E-state index in [4.69, 9.17) is 0 Å². The van der Waals surface area contributed by atoms with Crippen molar-refractivity contribution in [2.45, 2.75) is 81.1 Å². The Morgan fingerprint density at radius 3 is 1.38 bits per heavy atom. The first-order valence-corrected chi connectivity index (χ1v) is 6.83. The molecule has 2 aliphatic carbocycles. The molecule has 16 heavy (non-hydrogen) atoms. The smallest absolute Gasteiger partial charge is 0.0800 e. The molecule has 92 valence electrons. The van der Waals surface area contributed by atoms with Crippen molar-refractivity contribution in [2.24, 2.45) is 0 Å². The molecule has 0 aromatic heterocycles. The highest BCUT2D eigenvalue weighted by molar-refractivity contribution is 5.10. The maximum atomic E-state index is 10.4. The number of hydrogen-bond acceptors (Lipinski definition) is 3. The summed E-state index contributed by atoms with van der Waals surface area (Å²) < 4.78 is 0. The fourth-order valence-electron chi connectivity index (χ4n) is 3.87. The van der Waals surface area contributed by atoms with Crippen LogP contribution in [0.15, 0.2) is 0 Å². The average molecular weight is 225 g/mol. The molecule has 3 rings (SSSR count). The third-order valence-electron chi connectivity index (χ3n) is 5.11. The third kappa shape index (κ3) is 1.60. The normalized spacial score (nSPS) is 40.9. The summed E-state index contributed by atoms with van der Waals surface area (Å²) in [5.41, 5.74) is -0.934. The molecule has 0 aromatic carbocycles. The highest BCUT2D eigenvalue weighted by atomic mass is 16.3. The van der Waals surface area contributed by atoms with Gasteiger partial charge in [0.2, 0.25) is 0 Å². The first kappa shape index (κ1) is 11.0. The lowest BCUT2D eigenvalue weighted by atomic mass is 9.74. The van der Waals surface area contributed by atoms with Crippen LogP contribution in [0.25, 0.3) is 0 Å². The molecular weight excluding hydrogens is 202 g/mol. The zero-order chi connectivity index (χ0) is 11.2. The van der Waals surface area contributed by atoms with E-state index < -0.39 is 11.2 Å². The SMILES string of the molecule is OC1([C@@H]2C[C@@H](C3(O)CCCC3)N2)CCCC1. The maximum absolute atomic E-state index is 10.4. The number of hydrogen-bond donors (Lipinski definition) is 3. The standard InChI is InChI=1S/C13H23NO2/c15-12(5-1-2-6-12)10-9-11(14-10)13(16)7-3-4-8-13/h10-11,14-16H,1-9H2/t10-,11-/m0/s1. The molecule has 1 aliphatic heterocycles. The van der Waals surface area contributed by atoms with Crippen molar-refractivity contribution in [1.82, 2.24) is 5.32 Å². The second kappa shape index (κ2) is 3.69. The Morgan fingerprint density at radius 2 is 1.06 bits per heavy atom. The minimum absolute atomic E-state index is 0.240. The molecule has 0 spiro atoms. The number of rotatable bonds is 2. The van der Waals surface area contributed by atoms with Crippen molar-refractivity contribution in [3.8, 4) is 0 Å². The van der Waals surface area contributed by atoms with Gasteiger partial charge in [-0.1, -0.05) is 25.7 Å². The predicted molar refractivity (Wildman–Crippen MR) is 62.2 cm³/mol. The van der Waals surface area contributed by atoms with E-state index in [1.165, 1.54) is 0 Å². The minimum atomic E-state index is -0.467.